The summed E-state index contributed by atoms with van der Waals surface area (Å²) in [4.78, 5) is 12.1. The summed E-state index contributed by atoms with van der Waals surface area (Å²) in [5, 5.41) is 16.8. The monoisotopic (exact) mass is 244 g/mol. The molecule has 3 rings (SSSR count). The highest BCUT2D eigenvalue weighted by Crippen LogP contribution is 2.32. The predicted molar refractivity (Wildman–Crippen MR) is 66.4 cm³/mol. The maximum absolute atomic E-state index is 10.9. The van der Waals surface area contributed by atoms with Crippen LogP contribution >= 0.6 is 11.3 Å². The van der Waals surface area contributed by atoms with E-state index in [0.29, 0.717) is 4.88 Å². The highest BCUT2D eigenvalue weighted by atomic mass is 32.1. The van der Waals surface area contributed by atoms with Gasteiger partial charge in [-0.25, -0.2) is 4.79 Å². The lowest BCUT2D eigenvalue weighted by Gasteiger charge is -1.98. The summed E-state index contributed by atoms with van der Waals surface area (Å²) in [5.74, 6) is -0.888. The van der Waals surface area contributed by atoms with Gasteiger partial charge in [0.1, 0.15) is 4.88 Å². The van der Waals surface area contributed by atoms with Crippen LogP contribution in [-0.4, -0.2) is 21.3 Å². The molecule has 0 aliphatic carbocycles. The largest absolute Gasteiger partial charge is 0.477 e. The standard InChI is InChI=1S/C12H8N2O2S/c15-12(16)11-5-4-10(17-11)7-2-1-3-9-8(7)6-13-14-9/h1-6H,(H,13,14)(H,15,16). The van der Waals surface area contributed by atoms with E-state index in [1.807, 2.05) is 24.3 Å². The van der Waals surface area contributed by atoms with Gasteiger partial charge < -0.3 is 5.11 Å². The number of aromatic carboxylic acids is 1. The van der Waals surface area contributed by atoms with Crippen LogP contribution in [0.5, 0.6) is 0 Å². The molecule has 2 heterocycles. The van der Waals surface area contributed by atoms with Gasteiger partial charge in [-0.1, -0.05) is 12.1 Å². The van der Waals surface area contributed by atoms with E-state index in [1.165, 1.54) is 11.3 Å². The summed E-state index contributed by atoms with van der Waals surface area (Å²) in [6.07, 6.45) is 1.75. The number of carboxylic acid groups (broad SMARTS) is 1. The van der Waals surface area contributed by atoms with E-state index in [1.54, 1.807) is 12.3 Å². The Morgan fingerprint density at radius 3 is 2.94 bits per heavy atom. The van der Waals surface area contributed by atoms with Crippen molar-refractivity contribution in [3.8, 4) is 10.4 Å². The van der Waals surface area contributed by atoms with Crippen LogP contribution in [0.15, 0.2) is 36.5 Å². The number of fused-ring (bicyclic) bond motifs is 1. The summed E-state index contributed by atoms with van der Waals surface area (Å²) in [6.45, 7) is 0. The van der Waals surface area contributed by atoms with E-state index in [-0.39, 0.29) is 0 Å². The van der Waals surface area contributed by atoms with E-state index in [2.05, 4.69) is 10.2 Å². The molecule has 0 aliphatic rings. The number of carboxylic acids is 1. The third-order valence-electron chi connectivity index (χ3n) is 2.57. The Kier molecular flexibility index (Phi) is 2.19. The molecule has 0 saturated carbocycles. The summed E-state index contributed by atoms with van der Waals surface area (Å²) in [7, 11) is 0. The first-order valence-corrected chi connectivity index (χ1v) is 5.83. The molecule has 0 atom stereocenters. The number of thiophene rings is 1. The van der Waals surface area contributed by atoms with Crippen LogP contribution in [0.2, 0.25) is 0 Å². The van der Waals surface area contributed by atoms with Crippen LogP contribution in [0.3, 0.4) is 0 Å². The molecule has 0 unspecified atom stereocenters. The SMILES string of the molecule is O=C(O)c1ccc(-c2cccc3[nH]ncc23)s1. The average molecular weight is 244 g/mol. The van der Waals surface area contributed by atoms with Crippen molar-refractivity contribution < 1.29 is 9.90 Å². The molecule has 0 aliphatic heterocycles. The van der Waals surface area contributed by atoms with Crippen LogP contribution in [0.1, 0.15) is 9.67 Å². The maximum Gasteiger partial charge on any atom is 0.345 e. The van der Waals surface area contributed by atoms with E-state index >= 15 is 0 Å². The van der Waals surface area contributed by atoms with Crippen molar-refractivity contribution in [3.63, 3.8) is 0 Å². The number of H-pyrrole nitrogens is 1. The fraction of sp³-hybridized carbons (Fsp3) is 0. The number of carbonyl (C=O) groups is 1. The van der Waals surface area contributed by atoms with Gasteiger partial charge in [0.15, 0.2) is 0 Å². The summed E-state index contributed by atoms with van der Waals surface area (Å²) in [6, 6.07) is 9.29. The lowest BCUT2D eigenvalue weighted by molar-refractivity contribution is 0.0702. The summed E-state index contributed by atoms with van der Waals surface area (Å²) >= 11 is 1.27. The molecule has 17 heavy (non-hydrogen) atoms. The second-order valence-corrected chi connectivity index (χ2v) is 4.69. The summed E-state index contributed by atoms with van der Waals surface area (Å²) < 4.78 is 0. The molecule has 5 heteroatoms. The number of nitrogens with one attached hydrogen (secondary N) is 1. The average Bonchev–Trinajstić information content (AvgIpc) is 2.97. The van der Waals surface area contributed by atoms with Crippen LogP contribution in [-0.2, 0) is 0 Å². The molecule has 3 aromatic rings. The van der Waals surface area contributed by atoms with Crippen molar-refractivity contribution in [3.05, 3.63) is 41.4 Å². The Morgan fingerprint density at radius 2 is 2.18 bits per heavy atom. The minimum atomic E-state index is -0.888. The third kappa shape index (κ3) is 1.60. The highest BCUT2D eigenvalue weighted by Gasteiger charge is 2.11. The fourth-order valence-electron chi connectivity index (χ4n) is 1.78. The first-order valence-electron chi connectivity index (χ1n) is 5.01. The highest BCUT2D eigenvalue weighted by molar-refractivity contribution is 7.17. The molecule has 0 bridgehead atoms. The first-order chi connectivity index (χ1) is 8.25. The van der Waals surface area contributed by atoms with E-state index in [9.17, 15) is 4.79 Å². The normalized spacial score (nSPS) is 10.8. The Bertz CT molecular complexity index is 699. The Morgan fingerprint density at radius 1 is 1.29 bits per heavy atom. The van der Waals surface area contributed by atoms with E-state index in [4.69, 9.17) is 5.11 Å². The zero-order valence-corrected chi connectivity index (χ0v) is 9.49. The predicted octanol–water partition coefficient (Wildman–Crippen LogP) is 2.99. The number of hydrogen-bond donors (Lipinski definition) is 2. The molecule has 2 N–H and O–H groups in total. The lowest BCUT2D eigenvalue weighted by Crippen LogP contribution is -1.89. The van der Waals surface area contributed by atoms with Crippen LogP contribution in [0.4, 0.5) is 0 Å². The van der Waals surface area contributed by atoms with Crippen molar-refractivity contribution in [1.82, 2.24) is 10.2 Å². The van der Waals surface area contributed by atoms with Gasteiger partial charge in [0.2, 0.25) is 0 Å². The fourth-order valence-corrected chi connectivity index (χ4v) is 2.66. The van der Waals surface area contributed by atoms with Gasteiger partial charge in [-0.15, -0.1) is 11.3 Å². The molecule has 2 aromatic heterocycles. The molecular formula is C12H8N2O2S. The third-order valence-corrected chi connectivity index (χ3v) is 3.67. The lowest BCUT2D eigenvalue weighted by atomic mass is 10.1. The van der Waals surface area contributed by atoms with E-state index < -0.39 is 5.97 Å². The zero-order valence-electron chi connectivity index (χ0n) is 8.68. The molecule has 0 fully saturated rings. The number of aromatic amines is 1. The van der Waals surface area contributed by atoms with Gasteiger partial charge >= 0.3 is 5.97 Å². The second-order valence-electron chi connectivity index (χ2n) is 3.61. The Labute approximate surface area is 101 Å². The van der Waals surface area contributed by atoms with Crippen LogP contribution in [0, 0.1) is 0 Å². The minimum absolute atomic E-state index is 0.348. The molecule has 0 spiro atoms. The van der Waals surface area contributed by atoms with Gasteiger partial charge in [0.05, 0.1) is 11.7 Å². The van der Waals surface area contributed by atoms with E-state index in [0.717, 1.165) is 21.3 Å². The van der Waals surface area contributed by atoms with Crippen molar-refractivity contribution in [2.24, 2.45) is 0 Å². The van der Waals surface area contributed by atoms with Gasteiger partial charge in [0.25, 0.3) is 0 Å². The molecular weight excluding hydrogens is 236 g/mol. The van der Waals surface area contributed by atoms with Gasteiger partial charge in [0, 0.05) is 15.8 Å². The number of rotatable bonds is 2. The van der Waals surface area contributed by atoms with Gasteiger partial charge in [-0.3, -0.25) is 5.10 Å². The number of hydrogen-bond acceptors (Lipinski definition) is 3. The minimum Gasteiger partial charge on any atom is -0.477 e. The first kappa shape index (κ1) is 10.0. The van der Waals surface area contributed by atoms with Crippen molar-refractivity contribution in [1.29, 1.82) is 0 Å². The molecule has 0 amide bonds. The summed E-state index contributed by atoms with van der Waals surface area (Å²) in [5.41, 5.74) is 1.96. The second kappa shape index (κ2) is 3.71. The molecule has 1 aromatic carbocycles. The number of benzene rings is 1. The Hall–Kier alpha value is -2.14. The van der Waals surface area contributed by atoms with Crippen LogP contribution < -0.4 is 0 Å². The molecule has 0 radical (unpaired) electrons. The number of aromatic nitrogens is 2. The van der Waals surface area contributed by atoms with Crippen molar-refractivity contribution in [2.45, 2.75) is 0 Å². The topological polar surface area (TPSA) is 66.0 Å². The van der Waals surface area contributed by atoms with Gasteiger partial charge in [-0.05, 0) is 18.2 Å². The smallest absolute Gasteiger partial charge is 0.345 e. The van der Waals surface area contributed by atoms with Crippen molar-refractivity contribution in [2.75, 3.05) is 0 Å². The zero-order chi connectivity index (χ0) is 11.8. The Balaban J connectivity index is 2.19. The molecule has 0 saturated heterocycles. The maximum atomic E-state index is 10.9. The van der Waals surface area contributed by atoms with Crippen molar-refractivity contribution >= 4 is 28.2 Å². The van der Waals surface area contributed by atoms with Crippen LogP contribution in [0.25, 0.3) is 21.3 Å². The molecule has 4 nitrogen and oxygen atoms in total. The number of nitrogens with zero attached hydrogens (tertiary/aromatic N) is 1. The molecule has 84 valence electrons. The quantitative estimate of drug-likeness (QED) is 0.728. The van der Waals surface area contributed by atoms with Gasteiger partial charge in [-0.2, -0.15) is 5.10 Å².